The van der Waals surface area contributed by atoms with Crippen molar-refractivity contribution in [3.8, 4) is 11.8 Å². The van der Waals surface area contributed by atoms with Gasteiger partial charge in [0.2, 0.25) is 0 Å². The molecule has 2 aromatic rings. The average molecular weight is 331 g/mol. The quantitative estimate of drug-likeness (QED) is 0.550. The molecule has 0 atom stereocenters. The van der Waals surface area contributed by atoms with Crippen molar-refractivity contribution < 1.29 is 0 Å². The third-order valence-electron chi connectivity index (χ3n) is 5.47. The van der Waals surface area contributed by atoms with Gasteiger partial charge in [0.25, 0.3) is 0 Å². The second-order valence-corrected chi connectivity index (χ2v) is 7.53. The maximum absolute atomic E-state index is 3.51. The van der Waals surface area contributed by atoms with E-state index in [1.807, 2.05) is 0 Å². The van der Waals surface area contributed by atoms with E-state index in [9.17, 15) is 0 Å². The Morgan fingerprint density at radius 3 is 2.20 bits per heavy atom. The Morgan fingerprint density at radius 1 is 0.880 bits per heavy atom. The topological polar surface area (TPSA) is 0 Å². The van der Waals surface area contributed by atoms with E-state index in [1.165, 1.54) is 61.6 Å². The minimum atomic E-state index is 0.571. The lowest BCUT2D eigenvalue weighted by atomic mass is 9.78. The fourth-order valence-electron chi connectivity index (χ4n) is 3.73. The molecule has 1 fully saturated rings. The average Bonchev–Trinajstić information content (AvgIpc) is 2.67. The molecule has 1 aliphatic carbocycles. The zero-order valence-corrected chi connectivity index (χ0v) is 15.7. The SMILES string of the molecule is CCCCc1ccc([C@H]2CC[C@H](C#Cc3ccc(C)cc3)CC2)cc1. The van der Waals surface area contributed by atoms with Gasteiger partial charge in [0.05, 0.1) is 0 Å². The molecule has 0 heteroatoms. The van der Waals surface area contributed by atoms with Crippen LogP contribution in [-0.2, 0) is 6.42 Å². The second kappa shape index (κ2) is 8.91. The molecule has 2 aromatic carbocycles. The Morgan fingerprint density at radius 2 is 1.56 bits per heavy atom. The molecule has 0 N–H and O–H groups in total. The summed E-state index contributed by atoms with van der Waals surface area (Å²) >= 11 is 0. The molecule has 1 aliphatic rings. The lowest BCUT2D eigenvalue weighted by Crippen LogP contribution is -2.12. The summed E-state index contributed by atoms with van der Waals surface area (Å²) in [6.07, 6.45) is 8.82. The molecule has 0 nitrogen and oxygen atoms in total. The Labute approximate surface area is 153 Å². The first-order valence-electron chi connectivity index (χ1n) is 9.91. The Hall–Kier alpha value is -2.00. The number of unbranched alkanes of at least 4 members (excludes halogenated alkanes) is 1. The van der Waals surface area contributed by atoms with Crippen molar-refractivity contribution in [3.05, 3.63) is 70.8 Å². The Kier molecular flexibility index (Phi) is 6.35. The molecule has 3 rings (SSSR count). The van der Waals surface area contributed by atoms with E-state index in [4.69, 9.17) is 0 Å². The molecule has 1 saturated carbocycles. The van der Waals surface area contributed by atoms with Crippen molar-refractivity contribution in [2.24, 2.45) is 5.92 Å². The predicted molar refractivity (Wildman–Crippen MR) is 108 cm³/mol. The van der Waals surface area contributed by atoms with Crippen LogP contribution >= 0.6 is 0 Å². The van der Waals surface area contributed by atoms with Crippen LogP contribution in [0.5, 0.6) is 0 Å². The van der Waals surface area contributed by atoms with Crippen molar-refractivity contribution in [2.45, 2.75) is 64.7 Å². The molecule has 0 aromatic heterocycles. The zero-order valence-electron chi connectivity index (χ0n) is 15.7. The van der Waals surface area contributed by atoms with Gasteiger partial charge in [-0.15, -0.1) is 0 Å². The molecule has 0 amide bonds. The van der Waals surface area contributed by atoms with E-state index in [0.717, 1.165) is 11.5 Å². The molecular formula is C25H30. The van der Waals surface area contributed by atoms with E-state index in [1.54, 1.807) is 0 Å². The highest BCUT2D eigenvalue weighted by Crippen LogP contribution is 2.35. The van der Waals surface area contributed by atoms with E-state index in [2.05, 4.69) is 74.2 Å². The molecule has 0 saturated heterocycles. The largest absolute Gasteiger partial charge is 0.0945 e. The number of hydrogen-bond acceptors (Lipinski definition) is 0. The van der Waals surface area contributed by atoms with Crippen LogP contribution in [0, 0.1) is 24.7 Å². The third kappa shape index (κ3) is 5.23. The van der Waals surface area contributed by atoms with Gasteiger partial charge < -0.3 is 0 Å². The molecule has 130 valence electrons. The molecule has 0 heterocycles. The number of benzene rings is 2. The standard InChI is InChI=1S/C25H30/c1-3-4-5-21-12-16-24(17-13-21)25-18-14-23(15-19-25)11-10-22-8-6-20(2)7-9-22/h6-9,12-13,16-17,23,25H,3-5,14-15,18-19H2,1-2H3/t23-,25-. The summed E-state index contributed by atoms with van der Waals surface area (Å²) in [5, 5.41) is 0. The first kappa shape index (κ1) is 17.8. The van der Waals surface area contributed by atoms with Crippen LogP contribution in [0.2, 0.25) is 0 Å². The lowest BCUT2D eigenvalue weighted by Gasteiger charge is -2.26. The molecule has 0 spiro atoms. The fraction of sp³-hybridized carbons (Fsp3) is 0.440. The molecular weight excluding hydrogens is 300 g/mol. The monoisotopic (exact) mass is 330 g/mol. The number of aryl methyl sites for hydroxylation is 2. The summed E-state index contributed by atoms with van der Waals surface area (Å²) in [5.74, 6) is 8.19. The van der Waals surface area contributed by atoms with Crippen LogP contribution in [0.25, 0.3) is 0 Å². The molecule has 0 bridgehead atoms. The van der Waals surface area contributed by atoms with Gasteiger partial charge in [-0.3, -0.25) is 0 Å². The number of hydrogen-bond donors (Lipinski definition) is 0. The van der Waals surface area contributed by atoms with Crippen LogP contribution in [0.15, 0.2) is 48.5 Å². The highest BCUT2D eigenvalue weighted by atomic mass is 14.2. The summed E-state index contributed by atoms with van der Waals surface area (Å²) in [5.41, 5.74) is 5.47. The van der Waals surface area contributed by atoms with Crippen LogP contribution in [-0.4, -0.2) is 0 Å². The van der Waals surface area contributed by atoms with Crippen molar-refractivity contribution in [2.75, 3.05) is 0 Å². The summed E-state index contributed by atoms with van der Waals surface area (Å²) in [6.45, 7) is 4.38. The first-order valence-corrected chi connectivity index (χ1v) is 9.91. The smallest absolute Gasteiger partial charge is 0.0245 e. The van der Waals surface area contributed by atoms with Gasteiger partial charge in [0, 0.05) is 11.5 Å². The Bertz CT molecular complexity index is 701. The van der Waals surface area contributed by atoms with Crippen LogP contribution < -0.4 is 0 Å². The van der Waals surface area contributed by atoms with E-state index < -0.39 is 0 Å². The highest BCUT2D eigenvalue weighted by molar-refractivity contribution is 5.36. The van der Waals surface area contributed by atoms with Gasteiger partial charge in [-0.2, -0.15) is 0 Å². The summed E-state index contributed by atoms with van der Waals surface area (Å²) in [4.78, 5) is 0. The van der Waals surface area contributed by atoms with Gasteiger partial charge in [-0.25, -0.2) is 0 Å². The van der Waals surface area contributed by atoms with Crippen LogP contribution in [0.3, 0.4) is 0 Å². The fourth-order valence-corrected chi connectivity index (χ4v) is 3.73. The summed E-state index contributed by atoms with van der Waals surface area (Å²) in [7, 11) is 0. The van der Waals surface area contributed by atoms with Gasteiger partial charge in [-0.1, -0.05) is 67.1 Å². The minimum Gasteiger partial charge on any atom is -0.0945 e. The molecule has 25 heavy (non-hydrogen) atoms. The van der Waals surface area contributed by atoms with Crippen molar-refractivity contribution in [3.63, 3.8) is 0 Å². The zero-order chi connectivity index (χ0) is 17.5. The molecule has 0 unspecified atom stereocenters. The van der Waals surface area contributed by atoms with Crippen molar-refractivity contribution >= 4 is 0 Å². The van der Waals surface area contributed by atoms with Gasteiger partial charge in [-0.05, 0) is 74.6 Å². The van der Waals surface area contributed by atoms with E-state index in [-0.39, 0.29) is 0 Å². The highest BCUT2D eigenvalue weighted by Gasteiger charge is 2.21. The van der Waals surface area contributed by atoms with Crippen molar-refractivity contribution in [1.29, 1.82) is 0 Å². The maximum Gasteiger partial charge on any atom is 0.0245 e. The third-order valence-corrected chi connectivity index (χ3v) is 5.47. The van der Waals surface area contributed by atoms with Gasteiger partial charge >= 0.3 is 0 Å². The maximum atomic E-state index is 3.51. The molecule has 0 aliphatic heterocycles. The van der Waals surface area contributed by atoms with Crippen LogP contribution in [0.4, 0.5) is 0 Å². The molecule has 0 radical (unpaired) electrons. The normalized spacial score (nSPS) is 19.9. The van der Waals surface area contributed by atoms with Crippen molar-refractivity contribution in [1.82, 2.24) is 0 Å². The van der Waals surface area contributed by atoms with Gasteiger partial charge in [0.15, 0.2) is 0 Å². The summed E-state index contributed by atoms with van der Waals surface area (Å²) < 4.78 is 0. The second-order valence-electron chi connectivity index (χ2n) is 7.53. The minimum absolute atomic E-state index is 0.571. The lowest BCUT2D eigenvalue weighted by molar-refractivity contribution is 0.384. The summed E-state index contributed by atoms with van der Waals surface area (Å²) in [6, 6.07) is 18.0. The first-order chi connectivity index (χ1) is 12.2. The van der Waals surface area contributed by atoms with Crippen LogP contribution in [0.1, 0.15) is 73.6 Å². The van der Waals surface area contributed by atoms with E-state index in [0.29, 0.717) is 5.92 Å². The predicted octanol–water partition coefficient (Wildman–Crippen LogP) is 6.66. The van der Waals surface area contributed by atoms with E-state index >= 15 is 0 Å². The number of rotatable bonds is 4. The van der Waals surface area contributed by atoms with Gasteiger partial charge in [0.1, 0.15) is 0 Å². The Balaban J connectivity index is 1.52.